The van der Waals surface area contributed by atoms with Crippen LogP contribution < -0.4 is 10.6 Å². The second kappa shape index (κ2) is 9.42. The van der Waals surface area contributed by atoms with Crippen molar-refractivity contribution in [3.8, 4) is 11.1 Å². The third-order valence-corrected chi connectivity index (χ3v) is 6.20. The molecule has 2 aliphatic carbocycles. The first-order chi connectivity index (χ1) is 15.5. The molecule has 2 aliphatic rings. The number of amides is 2. The molecule has 0 atom stereocenters. The van der Waals surface area contributed by atoms with E-state index in [1.165, 1.54) is 11.1 Å². The summed E-state index contributed by atoms with van der Waals surface area (Å²) in [6, 6.07) is 16.4. The molecule has 0 unspecified atom stereocenters. The zero-order chi connectivity index (χ0) is 22.6. The Morgan fingerprint density at radius 2 is 1.59 bits per heavy atom. The Kier molecular flexibility index (Phi) is 6.44. The van der Waals surface area contributed by atoms with Crippen molar-refractivity contribution in [1.82, 2.24) is 10.6 Å². The fourth-order valence-electron chi connectivity index (χ4n) is 4.35. The summed E-state index contributed by atoms with van der Waals surface area (Å²) in [7, 11) is 0. The highest BCUT2D eigenvalue weighted by molar-refractivity contribution is 5.80. The Hall–Kier alpha value is -3.35. The predicted molar refractivity (Wildman–Crippen MR) is 119 cm³/mol. The lowest BCUT2D eigenvalue weighted by Crippen LogP contribution is -2.41. The highest BCUT2D eigenvalue weighted by Crippen LogP contribution is 2.44. The van der Waals surface area contributed by atoms with Gasteiger partial charge < -0.3 is 20.5 Å². The van der Waals surface area contributed by atoms with Gasteiger partial charge in [0.2, 0.25) is 5.91 Å². The monoisotopic (exact) mass is 436 g/mol. The van der Waals surface area contributed by atoms with Crippen LogP contribution in [0.3, 0.4) is 0 Å². The number of rotatable bonds is 10. The molecule has 3 N–H and O–H groups in total. The molecular formula is C25H28N2O5. The van der Waals surface area contributed by atoms with Crippen LogP contribution in [0.15, 0.2) is 48.5 Å². The first-order valence-electron chi connectivity index (χ1n) is 11.1. The number of hydrogen-bond donors (Lipinski definition) is 3. The van der Waals surface area contributed by atoms with Gasteiger partial charge in [0.05, 0.1) is 5.54 Å². The summed E-state index contributed by atoms with van der Waals surface area (Å²) in [5, 5.41) is 14.3. The van der Waals surface area contributed by atoms with E-state index in [1.807, 2.05) is 24.3 Å². The van der Waals surface area contributed by atoms with E-state index in [0.717, 1.165) is 24.0 Å². The summed E-state index contributed by atoms with van der Waals surface area (Å²) in [6.45, 7) is 0.679. The molecule has 0 aliphatic heterocycles. The minimum atomic E-state index is -0.833. The van der Waals surface area contributed by atoms with E-state index in [1.54, 1.807) is 0 Å². The van der Waals surface area contributed by atoms with Gasteiger partial charge in [-0.2, -0.15) is 0 Å². The maximum absolute atomic E-state index is 12.5. The van der Waals surface area contributed by atoms with Crippen LogP contribution in [-0.2, 0) is 14.3 Å². The van der Waals surface area contributed by atoms with E-state index < -0.39 is 17.6 Å². The van der Waals surface area contributed by atoms with Gasteiger partial charge in [-0.15, -0.1) is 0 Å². The van der Waals surface area contributed by atoms with Gasteiger partial charge in [-0.3, -0.25) is 9.59 Å². The van der Waals surface area contributed by atoms with Crippen molar-refractivity contribution < 1.29 is 24.2 Å². The minimum Gasteiger partial charge on any atom is -0.481 e. The van der Waals surface area contributed by atoms with Crippen molar-refractivity contribution in [1.29, 1.82) is 0 Å². The Morgan fingerprint density at radius 3 is 2.19 bits per heavy atom. The molecule has 1 saturated carbocycles. The van der Waals surface area contributed by atoms with Crippen molar-refractivity contribution in [2.45, 2.75) is 50.0 Å². The van der Waals surface area contributed by atoms with Crippen LogP contribution in [0, 0.1) is 0 Å². The number of fused-ring (bicyclic) bond motifs is 3. The van der Waals surface area contributed by atoms with E-state index in [9.17, 15) is 14.4 Å². The molecule has 4 rings (SSSR count). The van der Waals surface area contributed by atoms with Gasteiger partial charge in [0.15, 0.2) is 0 Å². The second-order valence-corrected chi connectivity index (χ2v) is 8.61. The molecule has 0 aromatic heterocycles. The summed E-state index contributed by atoms with van der Waals surface area (Å²) in [5.74, 6) is -0.977. The Labute approximate surface area is 187 Å². The van der Waals surface area contributed by atoms with E-state index in [2.05, 4.69) is 34.9 Å². The average molecular weight is 437 g/mol. The largest absolute Gasteiger partial charge is 0.481 e. The highest BCUT2D eigenvalue weighted by Gasteiger charge is 2.46. The van der Waals surface area contributed by atoms with Crippen LogP contribution in [0.1, 0.15) is 55.6 Å². The number of hydrogen-bond acceptors (Lipinski definition) is 4. The zero-order valence-electron chi connectivity index (χ0n) is 17.9. The molecule has 32 heavy (non-hydrogen) atoms. The number of carboxylic acids is 1. The van der Waals surface area contributed by atoms with Gasteiger partial charge >= 0.3 is 12.1 Å². The minimum absolute atomic E-state index is 0.00240. The maximum atomic E-state index is 12.5. The van der Waals surface area contributed by atoms with Crippen molar-refractivity contribution in [3.63, 3.8) is 0 Å². The fraction of sp³-hybridized carbons (Fsp3) is 0.400. The molecule has 0 saturated heterocycles. The SMILES string of the molecule is O=C(O)CCCCNC(=O)CC1(NC(=O)OCC2c3ccccc3-c3ccccc32)CC1. The van der Waals surface area contributed by atoms with Gasteiger partial charge in [-0.1, -0.05) is 48.5 Å². The van der Waals surface area contributed by atoms with Crippen molar-refractivity contribution in [2.24, 2.45) is 0 Å². The summed E-state index contributed by atoms with van der Waals surface area (Å²) in [5.41, 5.74) is 4.13. The summed E-state index contributed by atoms with van der Waals surface area (Å²) < 4.78 is 5.60. The highest BCUT2D eigenvalue weighted by atomic mass is 16.5. The van der Waals surface area contributed by atoms with Crippen LogP contribution in [-0.4, -0.2) is 41.8 Å². The molecule has 1 fully saturated rings. The summed E-state index contributed by atoms with van der Waals surface area (Å²) in [4.78, 5) is 35.2. The number of carbonyl (C=O) groups excluding carboxylic acids is 2. The number of ether oxygens (including phenoxy) is 1. The van der Waals surface area contributed by atoms with Crippen molar-refractivity contribution >= 4 is 18.0 Å². The lowest BCUT2D eigenvalue weighted by molar-refractivity contribution is -0.137. The molecule has 0 radical (unpaired) electrons. The lowest BCUT2D eigenvalue weighted by atomic mass is 9.98. The topological polar surface area (TPSA) is 105 Å². The molecule has 7 nitrogen and oxygen atoms in total. The molecule has 168 valence electrons. The van der Waals surface area contributed by atoms with E-state index in [0.29, 0.717) is 19.4 Å². The van der Waals surface area contributed by atoms with Gasteiger partial charge in [-0.05, 0) is 47.9 Å². The number of unbranched alkanes of at least 4 members (excludes halogenated alkanes) is 1. The zero-order valence-corrected chi connectivity index (χ0v) is 17.9. The molecule has 0 spiro atoms. The number of nitrogens with one attached hydrogen (secondary N) is 2. The third-order valence-electron chi connectivity index (χ3n) is 6.20. The van der Waals surface area contributed by atoms with Crippen LogP contribution in [0.2, 0.25) is 0 Å². The normalized spacial score (nSPS) is 15.4. The van der Waals surface area contributed by atoms with E-state index in [-0.39, 0.29) is 31.3 Å². The van der Waals surface area contributed by atoms with Gasteiger partial charge in [-0.25, -0.2) is 4.79 Å². The fourth-order valence-corrected chi connectivity index (χ4v) is 4.35. The Balaban J connectivity index is 1.26. The smallest absolute Gasteiger partial charge is 0.407 e. The van der Waals surface area contributed by atoms with Gasteiger partial charge in [0, 0.05) is 25.3 Å². The standard InChI is InChI=1S/C25H28N2O5/c28-22(26-14-6-5-11-23(29)30)15-25(12-13-25)27-24(31)32-16-21-19-9-3-1-7-17(19)18-8-2-4-10-20(18)21/h1-4,7-10,21H,5-6,11-16H2,(H,26,28)(H,27,31)(H,29,30). The first-order valence-corrected chi connectivity index (χ1v) is 11.1. The van der Waals surface area contributed by atoms with Crippen molar-refractivity contribution in [2.75, 3.05) is 13.2 Å². The molecule has 2 aromatic carbocycles. The summed E-state index contributed by atoms with van der Waals surface area (Å²) >= 11 is 0. The third kappa shape index (κ3) is 5.10. The molecular weight excluding hydrogens is 408 g/mol. The van der Waals surface area contributed by atoms with Crippen molar-refractivity contribution in [3.05, 3.63) is 59.7 Å². The average Bonchev–Trinajstić information content (AvgIpc) is 3.44. The Bertz CT molecular complexity index is 969. The molecule has 2 aromatic rings. The quantitative estimate of drug-likeness (QED) is 0.491. The number of aliphatic carboxylic acids is 1. The predicted octanol–water partition coefficient (Wildman–Crippen LogP) is 3.82. The number of carboxylic acid groups (broad SMARTS) is 1. The van der Waals surface area contributed by atoms with E-state index in [4.69, 9.17) is 9.84 Å². The molecule has 0 heterocycles. The van der Waals surface area contributed by atoms with Crippen LogP contribution in [0.25, 0.3) is 11.1 Å². The first kappa shape index (κ1) is 21.9. The van der Waals surface area contributed by atoms with Gasteiger partial charge in [0.1, 0.15) is 6.61 Å². The van der Waals surface area contributed by atoms with Crippen LogP contribution in [0.4, 0.5) is 4.79 Å². The molecule has 2 amide bonds. The Morgan fingerprint density at radius 1 is 0.969 bits per heavy atom. The second-order valence-electron chi connectivity index (χ2n) is 8.61. The lowest BCUT2D eigenvalue weighted by Gasteiger charge is -2.19. The maximum Gasteiger partial charge on any atom is 0.407 e. The number of alkyl carbamates (subject to hydrolysis) is 1. The number of carbonyl (C=O) groups is 3. The summed E-state index contributed by atoms with van der Waals surface area (Å²) in [6.07, 6.45) is 2.43. The van der Waals surface area contributed by atoms with E-state index >= 15 is 0 Å². The number of benzene rings is 2. The van der Waals surface area contributed by atoms with Gasteiger partial charge in [0.25, 0.3) is 0 Å². The molecule has 0 bridgehead atoms. The van der Waals surface area contributed by atoms with Crippen LogP contribution in [0.5, 0.6) is 0 Å². The molecule has 7 heteroatoms. The van der Waals surface area contributed by atoms with Crippen LogP contribution >= 0.6 is 0 Å².